The van der Waals surface area contributed by atoms with Gasteiger partial charge in [0.15, 0.2) is 5.82 Å². The molecule has 0 aliphatic heterocycles. The molecule has 1 rings (SSSR count). The van der Waals surface area contributed by atoms with Crippen molar-refractivity contribution in [1.82, 2.24) is 9.88 Å². The van der Waals surface area contributed by atoms with E-state index in [1.165, 1.54) is 6.21 Å². The molecule has 0 unspecified atom stereocenters. The van der Waals surface area contributed by atoms with E-state index in [2.05, 4.69) is 15.5 Å². The molecule has 1 aromatic rings. The number of halogens is 4. The van der Waals surface area contributed by atoms with Crippen molar-refractivity contribution in [3.05, 3.63) is 34.1 Å². The Balaban J connectivity index is 2.84. The second kappa shape index (κ2) is 8.18. The van der Waals surface area contributed by atoms with Gasteiger partial charge in [-0.2, -0.15) is 28.8 Å². The zero-order chi connectivity index (χ0) is 18.3. The van der Waals surface area contributed by atoms with Crippen LogP contribution in [0.25, 0.3) is 0 Å². The first-order valence-electron chi connectivity index (χ1n) is 6.41. The molecule has 0 aliphatic rings. The quantitative estimate of drug-likeness (QED) is 0.496. The van der Waals surface area contributed by atoms with Gasteiger partial charge in [-0.3, -0.25) is 5.43 Å². The van der Waals surface area contributed by atoms with Gasteiger partial charge in [0.1, 0.15) is 17.7 Å². The summed E-state index contributed by atoms with van der Waals surface area (Å²) in [6.07, 6.45) is -2.39. The lowest BCUT2D eigenvalue weighted by molar-refractivity contribution is -0.137. The minimum Gasteiger partial charge on any atom is -0.379 e. The van der Waals surface area contributed by atoms with Crippen LogP contribution in [0.1, 0.15) is 12.0 Å². The van der Waals surface area contributed by atoms with Crippen LogP contribution >= 0.6 is 11.6 Å². The number of hydrazone groups is 1. The number of anilines is 1. The highest BCUT2D eigenvalue weighted by atomic mass is 35.5. The molecule has 0 atom stereocenters. The van der Waals surface area contributed by atoms with Gasteiger partial charge >= 0.3 is 6.18 Å². The van der Waals surface area contributed by atoms with Crippen LogP contribution in [0.5, 0.6) is 0 Å². The minimum absolute atomic E-state index is 0.0444. The van der Waals surface area contributed by atoms with Crippen molar-refractivity contribution in [2.45, 2.75) is 12.6 Å². The second-order valence-electron chi connectivity index (χ2n) is 4.62. The van der Waals surface area contributed by atoms with E-state index < -0.39 is 11.7 Å². The number of allylic oxidation sites excluding steroid dienone is 2. The summed E-state index contributed by atoms with van der Waals surface area (Å²) in [6.45, 7) is 0. The van der Waals surface area contributed by atoms with Gasteiger partial charge in [-0.1, -0.05) is 11.6 Å². The molecule has 1 aromatic heterocycles. The molecule has 0 saturated heterocycles. The van der Waals surface area contributed by atoms with Crippen LogP contribution in [-0.4, -0.2) is 30.2 Å². The molecule has 1 heterocycles. The molecule has 0 saturated carbocycles. The van der Waals surface area contributed by atoms with Crippen molar-refractivity contribution in [2.75, 3.05) is 19.5 Å². The number of nitrogens with zero attached hydrogens (tertiary/aromatic N) is 5. The van der Waals surface area contributed by atoms with Crippen LogP contribution in [0.3, 0.4) is 0 Å². The topological polar surface area (TPSA) is 88.1 Å². The molecule has 0 radical (unpaired) electrons. The molecule has 0 aromatic carbocycles. The number of rotatable bonds is 5. The van der Waals surface area contributed by atoms with E-state index in [1.54, 1.807) is 31.1 Å². The summed E-state index contributed by atoms with van der Waals surface area (Å²) < 4.78 is 37.5. The Labute approximate surface area is 141 Å². The number of nitriles is 2. The van der Waals surface area contributed by atoms with E-state index in [0.29, 0.717) is 11.9 Å². The average Bonchev–Trinajstić information content (AvgIpc) is 2.50. The van der Waals surface area contributed by atoms with Crippen molar-refractivity contribution in [3.63, 3.8) is 0 Å². The van der Waals surface area contributed by atoms with Crippen molar-refractivity contribution >= 4 is 23.6 Å². The lowest BCUT2D eigenvalue weighted by Crippen LogP contribution is -2.14. The van der Waals surface area contributed by atoms with Gasteiger partial charge < -0.3 is 4.90 Å². The van der Waals surface area contributed by atoms with Crippen LogP contribution in [0.15, 0.2) is 28.6 Å². The lowest BCUT2D eigenvalue weighted by Gasteiger charge is -2.15. The highest BCUT2D eigenvalue weighted by Gasteiger charge is 2.31. The summed E-state index contributed by atoms with van der Waals surface area (Å²) in [5.74, 6) is -0.0444. The van der Waals surface area contributed by atoms with E-state index >= 15 is 0 Å². The summed E-state index contributed by atoms with van der Waals surface area (Å²) in [5, 5.41) is 21.3. The van der Waals surface area contributed by atoms with Crippen molar-refractivity contribution in [2.24, 2.45) is 5.10 Å². The van der Waals surface area contributed by atoms with Crippen LogP contribution in [0.4, 0.5) is 19.0 Å². The highest BCUT2D eigenvalue weighted by molar-refractivity contribution is 6.32. The SMILES string of the molecule is CN(C)C(C/C=N\Nc1ncc(C(F)(F)F)cc1Cl)=C(C#N)C#N. The average molecular weight is 357 g/mol. The van der Waals surface area contributed by atoms with Crippen LogP contribution in [0, 0.1) is 22.7 Å². The Hall–Kier alpha value is -2.78. The number of alkyl halides is 3. The number of pyridine rings is 1. The van der Waals surface area contributed by atoms with Crippen LogP contribution in [0.2, 0.25) is 5.02 Å². The Bertz CT molecular complexity index is 724. The molecular weight excluding hydrogens is 345 g/mol. The van der Waals surface area contributed by atoms with Gasteiger partial charge in [-0.15, -0.1) is 0 Å². The van der Waals surface area contributed by atoms with Crippen LogP contribution < -0.4 is 5.43 Å². The van der Waals surface area contributed by atoms with Crippen LogP contribution in [-0.2, 0) is 6.18 Å². The third-order valence-electron chi connectivity index (χ3n) is 2.77. The highest BCUT2D eigenvalue weighted by Crippen LogP contribution is 2.32. The molecular formula is C14H12ClF3N6. The number of hydrogen-bond donors (Lipinski definition) is 1. The van der Waals surface area contributed by atoms with E-state index in [0.717, 1.165) is 6.07 Å². The van der Waals surface area contributed by atoms with Gasteiger partial charge in [0, 0.05) is 38.6 Å². The van der Waals surface area contributed by atoms with E-state index in [1.807, 2.05) is 0 Å². The molecule has 1 N–H and O–H groups in total. The number of hydrogen-bond acceptors (Lipinski definition) is 6. The smallest absolute Gasteiger partial charge is 0.379 e. The maximum Gasteiger partial charge on any atom is 0.417 e. The maximum atomic E-state index is 12.5. The monoisotopic (exact) mass is 356 g/mol. The number of aromatic nitrogens is 1. The maximum absolute atomic E-state index is 12.5. The minimum atomic E-state index is -4.53. The largest absolute Gasteiger partial charge is 0.417 e. The molecule has 0 fully saturated rings. The molecule has 24 heavy (non-hydrogen) atoms. The fourth-order valence-electron chi connectivity index (χ4n) is 1.58. The fraction of sp³-hybridized carbons (Fsp3) is 0.286. The first kappa shape index (κ1) is 19.3. The van der Waals surface area contributed by atoms with Gasteiger partial charge in [0.05, 0.1) is 10.6 Å². The first-order chi connectivity index (χ1) is 11.2. The van der Waals surface area contributed by atoms with E-state index in [-0.39, 0.29) is 22.8 Å². The summed E-state index contributed by atoms with van der Waals surface area (Å²) in [5.41, 5.74) is 1.83. The molecule has 0 bridgehead atoms. The first-order valence-corrected chi connectivity index (χ1v) is 6.79. The fourth-order valence-corrected chi connectivity index (χ4v) is 1.79. The zero-order valence-electron chi connectivity index (χ0n) is 12.7. The second-order valence-corrected chi connectivity index (χ2v) is 5.03. The molecule has 126 valence electrons. The van der Waals surface area contributed by atoms with E-state index in [4.69, 9.17) is 22.1 Å². The van der Waals surface area contributed by atoms with Gasteiger partial charge in [-0.25, -0.2) is 4.98 Å². The predicted octanol–water partition coefficient (Wildman–Crippen LogP) is 3.40. The summed E-state index contributed by atoms with van der Waals surface area (Å²) in [7, 11) is 3.33. The molecule has 10 heteroatoms. The molecule has 0 aliphatic carbocycles. The number of nitrogens with one attached hydrogen (secondary N) is 1. The van der Waals surface area contributed by atoms with Crippen molar-refractivity contribution < 1.29 is 13.2 Å². The van der Waals surface area contributed by atoms with Gasteiger partial charge in [0.2, 0.25) is 0 Å². The third-order valence-corrected chi connectivity index (χ3v) is 3.06. The van der Waals surface area contributed by atoms with Gasteiger partial charge in [-0.05, 0) is 6.07 Å². The molecule has 0 spiro atoms. The van der Waals surface area contributed by atoms with E-state index in [9.17, 15) is 13.2 Å². The Morgan fingerprint density at radius 3 is 2.50 bits per heavy atom. The zero-order valence-corrected chi connectivity index (χ0v) is 13.4. The standard InChI is InChI=1S/C14H12ClF3N6/c1-24(2)12(9(6-19)7-20)3-4-22-23-13-11(15)5-10(8-21-13)14(16,17)18/h4-5,8H,3H2,1-2H3,(H,21,23)/b22-4-. The Morgan fingerprint density at radius 2 is 2.04 bits per heavy atom. The van der Waals surface area contributed by atoms with Gasteiger partial charge in [0.25, 0.3) is 0 Å². The summed E-state index contributed by atoms with van der Waals surface area (Å²) in [4.78, 5) is 5.15. The lowest BCUT2D eigenvalue weighted by atomic mass is 10.2. The predicted molar refractivity (Wildman–Crippen MR) is 82.9 cm³/mol. The summed E-state index contributed by atoms with van der Waals surface area (Å²) in [6, 6.07) is 4.29. The van der Waals surface area contributed by atoms with Crippen molar-refractivity contribution in [1.29, 1.82) is 10.5 Å². The van der Waals surface area contributed by atoms with Crippen molar-refractivity contribution in [3.8, 4) is 12.1 Å². The molecule has 0 amide bonds. The normalized spacial score (nSPS) is 10.8. The Kier molecular flexibility index (Phi) is 6.57. The molecule has 6 nitrogen and oxygen atoms in total. The Morgan fingerprint density at radius 1 is 1.42 bits per heavy atom. The third kappa shape index (κ3) is 5.14. The summed E-state index contributed by atoms with van der Waals surface area (Å²) >= 11 is 5.72.